The normalized spacial score (nSPS) is 15.5. The van der Waals surface area contributed by atoms with E-state index in [4.69, 9.17) is 4.74 Å². The van der Waals surface area contributed by atoms with Gasteiger partial charge in [-0.05, 0) is 52.9 Å². The van der Waals surface area contributed by atoms with Gasteiger partial charge in [0, 0.05) is 6.04 Å². The van der Waals surface area contributed by atoms with Gasteiger partial charge < -0.3 is 10.1 Å². The minimum atomic E-state index is -0.0293. The highest BCUT2D eigenvalue weighted by Gasteiger charge is 2.17. The van der Waals surface area contributed by atoms with Gasteiger partial charge in [0.2, 0.25) is 0 Å². The Balaban J connectivity index is 1.82. The van der Waals surface area contributed by atoms with E-state index in [2.05, 4.69) is 28.2 Å². The Hall–Kier alpha value is -1.03. The van der Waals surface area contributed by atoms with E-state index in [0.717, 1.165) is 29.5 Å². The molecule has 4 heteroatoms. The predicted octanol–water partition coefficient (Wildman–Crippen LogP) is 3.45. The number of carbonyl (C=O) groups excluding carboxylic acids is 1. The summed E-state index contributed by atoms with van der Waals surface area (Å²) in [6, 6.07) is 6.31. The van der Waals surface area contributed by atoms with Crippen molar-refractivity contribution in [1.29, 1.82) is 0 Å². The summed E-state index contributed by atoms with van der Waals surface area (Å²) in [4.78, 5) is 11.8. The molecule has 1 aliphatic rings. The van der Waals surface area contributed by atoms with Gasteiger partial charge in [0.05, 0.1) is 4.47 Å². The van der Waals surface area contributed by atoms with Crippen molar-refractivity contribution >= 4 is 21.8 Å². The van der Waals surface area contributed by atoms with Gasteiger partial charge in [-0.2, -0.15) is 0 Å². The maximum atomic E-state index is 11.8. The summed E-state index contributed by atoms with van der Waals surface area (Å²) in [6.45, 7) is 2.19. The van der Waals surface area contributed by atoms with Crippen molar-refractivity contribution < 1.29 is 9.53 Å². The molecule has 0 bridgehead atoms. The van der Waals surface area contributed by atoms with Crippen molar-refractivity contribution in [2.75, 3.05) is 6.61 Å². The van der Waals surface area contributed by atoms with Gasteiger partial charge in [-0.1, -0.05) is 25.8 Å². The molecule has 1 fully saturated rings. The van der Waals surface area contributed by atoms with Gasteiger partial charge >= 0.3 is 0 Å². The molecule has 0 atom stereocenters. The third-order valence-electron chi connectivity index (χ3n) is 3.48. The van der Waals surface area contributed by atoms with Crippen molar-refractivity contribution in [2.45, 2.75) is 45.1 Å². The maximum Gasteiger partial charge on any atom is 0.258 e. The lowest BCUT2D eigenvalue weighted by Gasteiger charge is -2.13. The number of aryl methyl sites for hydroxylation is 1. The van der Waals surface area contributed by atoms with E-state index in [1.54, 1.807) is 0 Å². The number of nitrogens with one attached hydrogen (secondary N) is 1. The summed E-state index contributed by atoms with van der Waals surface area (Å²) < 4.78 is 6.45. The van der Waals surface area contributed by atoms with E-state index in [9.17, 15) is 4.79 Å². The van der Waals surface area contributed by atoms with Gasteiger partial charge in [-0.25, -0.2) is 0 Å². The average molecular weight is 326 g/mol. The lowest BCUT2D eigenvalue weighted by molar-refractivity contribution is -0.123. The quantitative estimate of drug-likeness (QED) is 0.900. The highest BCUT2D eigenvalue weighted by molar-refractivity contribution is 9.10. The largest absolute Gasteiger partial charge is 0.483 e. The Bertz CT molecular complexity index is 442. The number of carbonyl (C=O) groups is 1. The second-order valence-corrected chi connectivity index (χ2v) is 5.81. The number of halogens is 1. The van der Waals surface area contributed by atoms with Crippen LogP contribution < -0.4 is 10.1 Å². The molecule has 0 radical (unpaired) electrons. The molecule has 19 heavy (non-hydrogen) atoms. The summed E-state index contributed by atoms with van der Waals surface area (Å²) in [5, 5.41) is 3.01. The van der Waals surface area contributed by atoms with Crippen LogP contribution in [0.2, 0.25) is 0 Å². The molecule has 0 aliphatic heterocycles. The van der Waals surface area contributed by atoms with Gasteiger partial charge in [-0.15, -0.1) is 0 Å². The van der Waals surface area contributed by atoms with Gasteiger partial charge in [0.1, 0.15) is 5.75 Å². The van der Waals surface area contributed by atoms with E-state index in [-0.39, 0.29) is 12.5 Å². The fraction of sp³-hybridized carbons (Fsp3) is 0.533. The van der Waals surface area contributed by atoms with E-state index < -0.39 is 0 Å². The fourth-order valence-electron chi connectivity index (χ4n) is 2.36. The molecule has 1 aromatic rings. The molecule has 3 nitrogen and oxygen atoms in total. The summed E-state index contributed by atoms with van der Waals surface area (Å²) in [7, 11) is 0. The number of rotatable bonds is 5. The molecule has 0 heterocycles. The van der Waals surface area contributed by atoms with Gasteiger partial charge in [0.15, 0.2) is 6.61 Å². The predicted molar refractivity (Wildman–Crippen MR) is 79.4 cm³/mol. The number of hydrogen-bond donors (Lipinski definition) is 1. The van der Waals surface area contributed by atoms with Crippen LogP contribution in [0.5, 0.6) is 5.75 Å². The Morgan fingerprint density at radius 3 is 2.79 bits per heavy atom. The molecule has 104 valence electrons. The molecule has 0 aromatic heterocycles. The molecule has 2 rings (SSSR count). The third kappa shape index (κ3) is 4.23. The Morgan fingerprint density at radius 2 is 2.16 bits per heavy atom. The van der Waals surface area contributed by atoms with Crippen molar-refractivity contribution in [3.05, 3.63) is 28.2 Å². The zero-order chi connectivity index (χ0) is 13.7. The first-order valence-electron chi connectivity index (χ1n) is 6.89. The topological polar surface area (TPSA) is 38.3 Å². The first-order chi connectivity index (χ1) is 9.19. The number of ether oxygens (including phenoxy) is 1. The molecule has 1 aliphatic carbocycles. The molecule has 0 spiro atoms. The van der Waals surface area contributed by atoms with Crippen molar-refractivity contribution in [1.82, 2.24) is 5.32 Å². The van der Waals surface area contributed by atoms with Crippen molar-refractivity contribution in [2.24, 2.45) is 0 Å². The van der Waals surface area contributed by atoms with Gasteiger partial charge in [0.25, 0.3) is 5.91 Å². The summed E-state index contributed by atoms with van der Waals surface area (Å²) in [6.07, 6.45) is 5.62. The van der Waals surface area contributed by atoms with E-state index in [1.807, 2.05) is 18.2 Å². The van der Waals surface area contributed by atoms with Crippen molar-refractivity contribution in [3.63, 3.8) is 0 Å². The lowest BCUT2D eigenvalue weighted by atomic mass is 10.2. The summed E-state index contributed by atoms with van der Waals surface area (Å²) in [5.74, 6) is 0.692. The zero-order valence-corrected chi connectivity index (χ0v) is 12.8. The molecule has 1 aromatic carbocycles. The minimum absolute atomic E-state index is 0.0293. The van der Waals surface area contributed by atoms with Crippen LogP contribution in [0.15, 0.2) is 22.7 Å². The fourth-order valence-corrected chi connectivity index (χ4v) is 2.90. The molecular formula is C15H20BrNO2. The third-order valence-corrected chi connectivity index (χ3v) is 4.10. The molecule has 1 saturated carbocycles. The van der Waals surface area contributed by atoms with Crippen LogP contribution in [-0.4, -0.2) is 18.6 Å². The van der Waals surface area contributed by atoms with E-state index >= 15 is 0 Å². The Kier molecular flexibility index (Phi) is 5.25. The van der Waals surface area contributed by atoms with Crippen LogP contribution in [0.1, 0.15) is 38.2 Å². The van der Waals surface area contributed by atoms with Crippen LogP contribution in [0.25, 0.3) is 0 Å². The van der Waals surface area contributed by atoms with E-state index in [0.29, 0.717) is 6.04 Å². The van der Waals surface area contributed by atoms with Crippen LogP contribution >= 0.6 is 15.9 Å². The number of amides is 1. The smallest absolute Gasteiger partial charge is 0.258 e. The highest BCUT2D eigenvalue weighted by Crippen LogP contribution is 2.26. The van der Waals surface area contributed by atoms with Crippen LogP contribution in [0.4, 0.5) is 0 Å². The standard InChI is InChI=1S/C15H20BrNO2/c1-2-11-7-8-14(13(16)9-11)19-10-15(18)17-12-5-3-4-6-12/h7-9,12H,2-6,10H2,1H3,(H,17,18). The SMILES string of the molecule is CCc1ccc(OCC(=O)NC2CCCC2)c(Br)c1. The summed E-state index contributed by atoms with van der Waals surface area (Å²) in [5.41, 5.74) is 1.25. The van der Waals surface area contributed by atoms with Crippen LogP contribution in [0, 0.1) is 0 Å². The molecule has 0 unspecified atom stereocenters. The Morgan fingerprint density at radius 1 is 1.42 bits per heavy atom. The molecule has 0 saturated heterocycles. The first-order valence-corrected chi connectivity index (χ1v) is 7.69. The minimum Gasteiger partial charge on any atom is -0.483 e. The van der Waals surface area contributed by atoms with Crippen LogP contribution in [-0.2, 0) is 11.2 Å². The van der Waals surface area contributed by atoms with Gasteiger partial charge in [-0.3, -0.25) is 4.79 Å². The molecule has 1 amide bonds. The summed E-state index contributed by atoms with van der Waals surface area (Å²) >= 11 is 3.47. The van der Waals surface area contributed by atoms with Crippen LogP contribution in [0.3, 0.4) is 0 Å². The molecular weight excluding hydrogens is 306 g/mol. The van der Waals surface area contributed by atoms with Crippen molar-refractivity contribution in [3.8, 4) is 5.75 Å². The second-order valence-electron chi connectivity index (χ2n) is 4.96. The Labute approximate surface area is 122 Å². The zero-order valence-electron chi connectivity index (χ0n) is 11.2. The average Bonchev–Trinajstić information content (AvgIpc) is 2.90. The number of hydrogen-bond acceptors (Lipinski definition) is 2. The molecule has 1 N–H and O–H groups in total. The number of benzene rings is 1. The monoisotopic (exact) mass is 325 g/mol. The van der Waals surface area contributed by atoms with E-state index in [1.165, 1.54) is 18.4 Å². The second kappa shape index (κ2) is 6.94. The lowest BCUT2D eigenvalue weighted by Crippen LogP contribution is -2.36. The maximum absolute atomic E-state index is 11.8. The highest BCUT2D eigenvalue weighted by atomic mass is 79.9. The first kappa shape index (κ1) is 14.4.